The molecule has 0 unspecified atom stereocenters. The van der Waals surface area contributed by atoms with Crippen molar-refractivity contribution in [1.82, 2.24) is 0 Å². The molecule has 98 valence electrons. The highest BCUT2D eigenvalue weighted by Crippen LogP contribution is 2.24. The molecule has 0 bridgehead atoms. The third-order valence-electron chi connectivity index (χ3n) is 2.04. The average molecular weight is 332 g/mol. The largest absolute Gasteiger partial charge is 0.478 e. The number of carboxylic acid groups (broad SMARTS) is 1. The van der Waals surface area contributed by atoms with Crippen molar-refractivity contribution in [3.8, 4) is 0 Å². The van der Waals surface area contributed by atoms with Gasteiger partial charge in [-0.05, 0) is 39.4 Å². The maximum Gasteiger partial charge on any atom is 0.335 e. The Balaban J connectivity index is 2.74. The summed E-state index contributed by atoms with van der Waals surface area (Å²) in [5, 5.41) is 11.9. The van der Waals surface area contributed by atoms with Gasteiger partial charge < -0.3 is 10.4 Å². The van der Waals surface area contributed by atoms with Crippen molar-refractivity contribution >= 4 is 45.3 Å². The molecule has 1 aromatic rings. The van der Waals surface area contributed by atoms with Gasteiger partial charge in [0.05, 0.1) is 17.0 Å². The van der Waals surface area contributed by atoms with Gasteiger partial charge in [-0.25, -0.2) is 4.79 Å². The average Bonchev–Trinajstić information content (AvgIpc) is 2.29. The van der Waals surface area contributed by atoms with Crippen LogP contribution in [0.15, 0.2) is 22.7 Å². The Bertz CT molecular complexity index is 463. The minimum absolute atomic E-state index is 0.142. The maximum atomic E-state index is 11.7. The van der Waals surface area contributed by atoms with Crippen molar-refractivity contribution in [3.05, 3.63) is 28.2 Å². The highest BCUT2D eigenvalue weighted by atomic mass is 79.9. The molecule has 0 saturated heterocycles. The van der Waals surface area contributed by atoms with Crippen LogP contribution in [0.3, 0.4) is 0 Å². The zero-order valence-electron chi connectivity index (χ0n) is 10.1. The fourth-order valence-electron chi connectivity index (χ4n) is 1.18. The molecular formula is C12H14BrNO3S. The van der Waals surface area contributed by atoms with Gasteiger partial charge in [-0.3, -0.25) is 4.79 Å². The van der Waals surface area contributed by atoms with E-state index in [9.17, 15) is 9.59 Å². The smallest absolute Gasteiger partial charge is 0.335 e. The molecule has 2 N–H and O–H groups in total. The molecule has 1 amide bonds. The van der Waals surface area contributed by atoms with Crippen molar-refractivity contribution in [2.75, 3.05) is 11.1 Å². The van der Waals surface area contributed by atoms with Gasteiger partial charge in [0.1, 0.15) is 0 Å². The molecule has 0 atom stereocenters. The number of hydrogen-bond donors (Lipinski definition) is 2. The maximum absolute atomic E-state index is 11.7. The summed E-state index contributed by atoms with van der Waals surface area (Å²) in [7, 11) is 0. The van der Waals surface area contributed by atoms with Crippen LogP contribution in [0.25, 0.3) is 0 Å². The minimum atomic E-state index is -1.02. The molecule has 0 radical (unpaired) electrons. The molecule has 0 aliphatic carbocycles. The van der Waals surface area contributed by atoms with Gasteiger partial charge >= 0.3 is 5.97 Å². The molecular weight excluding hydrogens is 318 g/mol. The lowest BCUT2D eigenvalue weighted by molar-refractivity contribution is -0.113. The lowest BCUT2D eigenvalue weighted by Gasteiger charge is -2.09. The summed E-state index contributed by atoms with van der Waals surface area (Å²) in [6.07, 6.45) is 0. The molecule has 0 spiro atoms. The van der Waals surface area contributed by atoms with E-state index < -0.39 is 5.97 Å². The molecule has 0 heterocycles. The molecule has 4 nitrogen and oxygen atoms in total. The summed E-state index contributed by atoms with van der Waals surface area (Å²) in [6.45, 7) is 4.03. The number of benzene rings is 1. The monoisotopic (exact) mass is 331 g/mol. The van der Waals surface area contributed by atoms with E-state index in [-0.39, 0.29) is 11.5 Å². The fraction of sp³-hybridized carbons (Fsp3) is 0.333. The normalized spacial score (nSPS) is 10.4. The number of anilines is 1. The number of thioether (sulfide) groups is 1. The van der Waals surface area contributed by atoms with E-state index in [1.807, 2.05) is 13.8 Å². The number of carbonyl (C=O) groups is 2. The van der Waals surface area contributed by atoms with Gasteiger partial charge in [0.15, 0.2) is 0 Å². The molecule has 0 aliphatic heterocycles. The van der Waals surface area contributed by atoms with Crippen LogP contribution < -0.4 is 5.32 Å². The van der Waals surface area contributed by atoms with Crippen molar-refractivity contribution in [2.45, 2.75) is 19.1 Å². The fourth-order valence-corrected chi connectivity index (χ4v) is 2.09. The summed E-state index contributed by atoms with van der Waals surface area (Å²) in [4.78, 5) is 22.5. The first-order valence-electron chi connectivity index (χ1n) is 5.34. The first kappa shape index (κ1) is 15.0. The summed E-state index contributed by atoms with van der Waals surface area (Å²) in [6, 6.07) is 4.52. The second-order valence-electron chi connectivity index (χ2n) is 3.91. The number of carbonyl (C=O) groups excluding carboxylic acids is 1. The van der Waals surface area contributed by atoms with E-state index in [1.165, 1.54) is 23.9 Å². The number of nitrogens with one attached hydrogen (secondary N) is 1. The second-order valence-corrected chi connectivity index (χ2v) is 6.33. The molecule has 1 aromatic carbocycles. The van der Waals surface area contributed by atoms with E-state index in [4.69, 9.17) is 5.11 Å². The standard InChI is InChI=1S/C12H14BrNO3S/c1-7(2)18-6-11(15)14-10-5-8(12(16)17)3-4-9(10)13/h3-5,7H,6H2,1-2H3,(H,14,15)(H,16,17). The van der Waals surface area contributed by atoms with Gasteiger partial charge in [0, 0.05) is 4.47 Å². The third-order valence-corrected chi connectivity index (χ3v) is 3.82. The Morgan fingerprint density at radius 2 is 2.11 bits per heavy atom. The summed E-state index contributed by atoms with van der Waals surface area (Å²) < 4.78 is 0.662. The third kappa shape index (κ3) is 4.70. The Morgan fingerprint density at radius 1 is 1.44 bits per heavy atom. The second kappa shape index (κ2) is 6.80. The van der Waals surface area contributed by atoms with Crippen LogP contribution in [-0.4, -0.2) is 28.0 Å². The summed E-state index contributed by atoms with van der Waals surface area (Å²) in [5.74, 6) is -0.812. The van der Waals surface area contributed by atoms with Crippen LogP contribution in [0.5, 0.6) is 0 Å². The van der Waals surface area contributed by atoms with Crippen LogP contribution in [0, 0.1) is 0 Å². The van der Waals surface area contributed by atoms with Crippen molar-refractivity contribution in [2.24, 2.45) is 0 Å². The predicted molar refractivity (Wildman–Crippen MR) is 77.3 cm³/mol. The first-order valence-corrected chi connectivity index (χ1v) is 7.18. The van der Waals surface area contributed by atoms with Crippen molar-refractivity contribution < 1.29 is 14.7 Å². The van der Waals surface area contributed by atoms with Crippen LogP contribution in [0.2, 0.25) is 0 Å². The number of amides is 1. The molecule has 0 aromatic heterocycles. The van der Waals surface area contributed by atoms with Crippen LogP contribution >= 0.6 is 27.7 Å². The van der Waals surface area contributed by atoms with E-state index in [0.717, 1.165) is 0 Å². The number of carboxylic acids is 1. The molecule has 0 fully saturated rings. The first-order chi connectivity index (χ1) is 8.40. The Hall–Kier alpha value is -1.01. The van der Waals surface area contributed by atoms with Gasteiger partial charge in [-0.2, -0.15) is 0 Å². The highest BCUT2D eigenvalue weighted by molar-refractivity contribution is 9.10. The lowest BCUT2D eigenvalue weighted by Crippen LogP contribution is -2.16. The highest BCUT2D eigenvalue weighted by Gasteiger charge is 2.10. The molecule has 0 aliphatic rings. The number of hydrogen-bond acceptors (Lipinski definition) is 3. The molecule has 1 rings (SSSR count). The zero-order chi connectivity index (χ0) is 13.7. The Kier molecular flexibility index (Phi) is 5.68. The zero-order valence-corrected chi connectivity index (χ0v) is 12.5. The number of aromatic carboxylic acids is 1. The van der Waals surface area contributed by atoms with Gasteiger partial charge in [-0.1, -0.05) is 13.8 Å². The summed E-state index contributed by atoms with van der Waals surface area (Å²) >= 11 is 4.80. The van der Waals surface area contributed by atoms with E-state index in [1.54, 1.807) is 6.07 Å². The van der Waals surface area contributed by atoms with Gasteiger partial charge in [-0.15, -0.1) is 11.8 Å². The quantitative estimate of drug-likeness (QED) is 0.869. The van der Waals surface area contributed by atoms with Crippen LogP contribution in [-0.2, 0) is 4.79 Å². The van der Waals surface area contributed by atoms with E-state index >= 15 is 0 Å². The lowest BCUT2D eigenvalue weighted by atomic mass is 10.2. The van der Waals surface area contributed by atoms with Crippen molar-refractivity contribution in [3.63, 3.8) is 0 Å². The predicted octanol–water partition coefficient (Wildman–Crippen LogP) is 3.23. The van der Waals surface area contributed by atoms with Crippen molar-refractivity contribution in [1.29, 1.82) is 0 Å². The van der Waals surface area contributed by atoms with Crippen LogP contribution in [0.4, 0.5) is 5.69 Å². The molecule has 6 heteroatoms. The minimum Gasteiger partial charge on any atom is -0.478 e. The topological polar surface area (TPSA) is 66.4 Å². The Morgan fingerprint density at radius 3 is 2.67 bits per heavy atom. The van der Waals surface area contributed by atoms with Gasteiger partial charge in [0.25, 0.3) is 0 Å². The van der Waals surface area contributed by atoms with E-state index in [0.29, 0.717) is 21.2 Å². The SMILES string of the molecule is CC(C)SCC(=O)Nc1cc(C(=O)O)ccc1Br. The number of halogens is 1. The molecule has 0 saturated carbocycles. The van der Waals surface area contributed by atoms with Gasteiger partial charge in [0.2, 0.25) is 5.91 Å². The van der Waals surface area contributed by atoms with Crippen LogP contribution in [0.1, 0.15) is 24.2 Å². The summed E-state index contributed by atoms with van der Waals surface area (Å²) in [5.41, 5.74) is 0.620. The Labute approximate surface area is 118 Å². The molecule has 18 heavy (non-hydrogen) atoms. The van der Waals surface area contributed by atoms with E-state index in [2.05, 4.69) is 21.2 Å². The number of rotatable bonds is 5.